The number of hydrogen-bond acceptors (Lipinski definition) is 4. The molecule has 0 amide bonds. The van der Waals surface area contributed by atoms with E-state index in [0.29, 0.717) is 5.92 Å². The summed E-state index contributed by atoms with van der Waals surface area (Å²) in [6.07, 6.45) is 7.13. The second-order valence-electron chi connectivity index (χ2n) is 6.21. The lowest BCUT2D eigenvalue weighted by molar-refractivity contribution is -0.385. The highest BCUT2D eigenvalue weighted by atomic mass is 16.6. The first kappa shape index (κ1) is 13.9. The molecule has 0 saturated carbocycles. The van der Waals surface area contributed by atoms with Crippen molar-refractivity contribution in [3.8, 4) is 0 Å². The lowest BCUT2D eigenvalue weighted by Gasteiger charge is -2.37. The monoisotopic (exact) mass is 307 g/mol. The van der Waals surface area contributed by atoms with Crippen LogP contribution in [0, 0.1) is 23.0 Å². The van der Waals surface area contributed by atoms with Gasteiger partial charge in [-0.1, -0.05) is 18.2 Å². The van der Waals surface area contributed by atoms with Gasteiger partial charge >= 0.3 is 0 Å². The van der Waals surface area contributed by atoms with E-state index >= 15 is 0 Å². The van der Waals surface area contributed by atoms with Gasteiger partial charge in [-0.25, -0.2) is 0 Å². The van der Waals surface area contributed by atoms with Crippen molar-refractivity contribution >= 4 is 11.4 Å². The summed E-state index contributed by atoms with van der Waals surface area (Å²) in [7, 11) is 0. The fourth-order valence-electron chi connectivity index (χ4n) is 3.83. The van der Waals surface area contributed by atoms with Crippen molar-refractivity contribution in [2.75, 3.05) is 5.32 Å². The molecule has 0 spiro atoms. The molecule has 5 nitrogen and oxygen atoms in total. The lowest BCUT2D eigenvalue weighted by atomic mass is 9.77. The molecule has 23 heavy (non-hydrogen) atoms. The van der Waals surface area contributed by atoms with Crippen LogP contribution in [-0.4, -0.2) is 9.91 Å². The molecule has 1 aliphatic heterocycles. The summed E-state index contributed by atoms with van der Waals surface area (Å²) in [4.78, 5) is 15.4. The highest BCUT2D eigenvalue weighted by Crippen LogP contribution is 2.51. The summed E-state index contributed by atoms with van der Waals surface area (Å²) in [6.45, 7) is 1.92. The number of nitro groups is 1. The molecule has 1 N–H and O–H groups in total. The molecule has 2 aromatic rings. The fraction of sp³-hybridized carbons (Fsp3) is 0.278. The number of aryl methyl sites for hydroxylation is 1. The van der Waals surface area contributed by atoms with Crippen LogP contribution in [0.3, 0.4) is 0 Å². The van der Waals surface area contributed by atoms with Crippen LogP contribution < -0.4 is 5.32 Å². The minimum Gasteiger partial charge on any atom is -0.376 e. The maximum absolute atomic E-state index is 11.2. The number of benzene rings is 1. The summed E-state index contributed by atoms with van der Waals surface area (Å²) in [5.41, 5.74) is 4.14. The van der Waals surface area contributed by atoms with Crippen molar-refractivity contribution in [3.63, 3.8) is 0 Å². The first-order valence-corrected chi connectivity index (χ1v) is 7.78. The number of nitrogens with zero attached hydrogens (tertiary/aromatic N) is 2. The molecular weight excluding hydrogens is 290 g/mol. The fourth-order valence-corrected chi connectivity index (χ4v) is 3.83. The number of rotatable bonds is 2. The summed E-state index contributed by atoms with van der Waals surface area (Å²) in [6, 6.07) is 9.44. The number of allylic oxidation sites excluding steroid dienone is 2. The summed E-state index contributed by atoms with van der Waals surface area (Å²) in [5, 5.41) is 14.8. The van der Waals surface area contributed by atoms with E-state index in [1.807, 2.05) is 31.3 Å². The molecule has 0 bridgehead atoms. The number of nitrogens with one attached hydrogen (secondary N) is 1. The molecule has 0 unspecified atom stereocenters. The van der Waals surface area contributed by atoms with Crippen LogP contribution in [-0.2, 0) is 0 Å². The van der Waals surface area contributed by atoms with E-state index in [9.17, 15) is 10.1 Å². The van der Waals surface area contributed by atoms with E-state index in [1.54, 1.807) is 12.1 Å². The number of anilines is 1. The van der Waals surface area contributed by atoms with E-state index in [1.165, 1.54) is 0 Å². The normalized spacial score (nSPS) is 24.7. The van der Waals surface area contributed by atoms with Crippen LogP contribution in [0.1, 0.15) is 35.2 Å². The van der Waals surface area contributed by atoms with Gasteiger partial charge in [-0.15, -0.1) is 0 Å². The van der Waals surface area contributed by atoms with Crippen molar-refractivity contribution in [2.24, 2.45) is 5.92 Å². The van der Waals surface area contributed by atoms with E-state index in [0.717, 1.165) is 28.9 Å². The molecule has 4 rings (SSSR count). The van der Waals surface area contributed by atoms with E-state index < -0.39 is 0 Å². The average molecular weight is 307 g/mol. The Hall–Kier alpha value is -2.69. The third-order valence-electron chi connectivity index (χ3n) is 4.87. The molecule has 3 atom stereocenters. The molecule has 5 heteroatoms. The zero-order chi connectivity index (χ0) is 16.0. The number of fused-ring (bicyclic) bond motifs is 3. The van der Waals surface area contributed by atoms with Gasteiger partial charge < -0.3 is 5.32 Å². The van der Waals surface area contributed by atoms with Crippen LogP contribution in [0.15, 0.2) is 48.7 Å². The Morgan fingerprint density at radius 2 is 2.22 bits per heavy atom. The number of hydrogen-bond donors (Lipinski definition) is 1. The molecule has 1 aliphatic carbocycles. The van der Waals surface area contributed by atoms with Crippen LogP contribution in [0.4, 0.5) is 11.4 Å². The summed E-state index contributed by atoms with van der Waals surface area (Å²) < 4.78 is 0. The number of nitro benzene ring substituents is 1. The van der Waals surface area contributed by atoms with Gasteiger partial charge in [-0.3, -0.25) is 15.1 Å². The number of pyridine rings is 1. The predicted octanol–water partition coefficient (Wildman–Crippen LogP) is 4.12. The minimum absolute atomic E-state index is 0.129. The van der Waals surface area contributed by atoms with Crippen molar-refractivity contribution in [1.29, 1.82) is 0 Å². The van der Waals surface area contributed by atoms with Crippen LogP contribution in [0.25, 0.3) is 0 Å². The Balaban J connectivity index is 1.84. The molecule has 116 valence electrons. The van der Waals surface area contributed by atoms with Crippen molar-refractivity contribution in [1.82, 2.24) is 4.98 Å². The Morgan fingerprint density at radius 3 is 2.96 bits per heavy atom. The Bertz CT molecular complexity index is 801. The van der Waals surface area contributed by atoms with Gasteiger partial charge in [0.2, 0.25) is 0 Å². The zero-order valence-corrected chi connectivity index (χ0v) is 12.8. The van der Waals surface area contributed by atoms with Gasteiger partial charge in [0.25, 0.3) is 5.69 Å². The van der Waals surface area contributed by atoms with Gasteiger partial charge in [0.05, 0.1) is 16.7 Å². The van der Waals surface area contributed by atoms with Gasteiger partial charge in [-0.2, -0.15) is 0 Å². The first-order valence-electron chi connectivity index (χ1n) is 7.78. The van der Waals surface area contributed by atoms with Crippen LogP contribution in [0.5, 0.6) is 0 Å². The summed E-state index contributed by atoms with van der Waals surface area (Å²) in [5.74, 6) is 0.552. The van der Waals surface area contributed by atoms with Crippen molar-refractivity contribution in [3.05, 3.63) is 75.6 Å². The van der Waals surface area contributed by atoms with Gasteiger partial charge in [0.15, 0.2) is 0 Å². The Morgan fingerprint density at radius 1 is 1.35 bits per heavy atom. The Kier molecular flexibility index (Phi) is 3.15. The number of aromatic nitrogens is 1. The van der Waals surface area contributed by atoms with Crippen molar-refractivity contribution < 1.29 is 4.92 Å². The second kappa shape index (κ2) is 5.19. The Labute approximate surface area is 134 Å². The zero-order valence-electron chi connectivity index (χ0n) is 12.8. The third kappa shape index (κ3) is 2.20. The van der Waals surface area contributed by atoms with Gasteiger partial charge in [0.1, 0.15) is 0 Å². The molecule has 1 aromatic carbocycles. The molecule has 0 fully saturated rings. The number of non-ortho nitro benzene ring substituents is 1. The molecular formula is C18H17N3O2. The van der Waals surface area contributed by atoms with Crippen molar-refractivity contribution in [2.45, 2.75) is 25.3 Å². The minimum atomic E-state index is -0.314. The highest BCUT2D eigenvalue weighted by Gasteiger charge is 2.39. The van der Waals surface area contributed by atoms with E-state index in [4.69, 9.17) is 0 Å². The first-order chi connectivity index (χ1) is 11.1. The highest BCUT2D eigenvalue weighted by molar-refractivity contribution is 5.67. The molecule has 0 saturated heterocycles. The molecule has 1 aromatic heterocycles. The third-order valence-corrected chi connectivity index (χ3v) is 4.87. The standard InChI is InChI=1S/C18H17N3O2/c1-11-9-12(21(22)23)10-15-13-5-4-6-14(13)18(20-17(11)15)16-7-2-3-8-19-16/h2-5,7-10,13-14,18,20H,6H2,1H3/t13-,14+,18+/m0/s1. The SMILES string of the molecule is Cc1cc([N+](=O)[O-])cc2c1N[C@@H](c1ccccn1)[C@@H]1CC=C[C@H]21. The molecule has 0 radical (unpaired) electrons. The topological polar surface area (TPSA) is 68.1 Å². The second-order valence-corrected chi connectivity index (χ2v) is 6.21. The average Bonchev–Trinajstić information content (AvgIpc) is 3.04. The maximum Gasteiger partial charge on any atom is 0.270 e. The van der Waals surface area contributed by atoms with E-state index in [2.05, 4.69) is 22.5 Å². The predicted molar refractivity (Wildman–Crippen MR) is 88.4 cm³/mol. The van der Waals surface area contributed by atoms with E-state index in [-0.39, 0.29) is 22.6 Å². The van der Waals surface area contributed by atoms with Gasteiger partial charge in [0, 0.05) is 29.9 Å². The van der Waals surface area contributed by atoms with Gasteiger partial charge in [-0.05, 0) is 42.5 Å². The smallest absolute Gasteiger partial charge is 0.270 e. The maximum atomic E-state index is 11.2. The molecule has 2 heterocycles. The lowest BCUT2D eigenvalue weighted by Crippen LogP contribution is -2.30. The van der Waals surface area contributed by atoms with Crippen LogP contribution in [0.2, 0.25) is 0 Å². The quantitative estimate of drug-likeness (QED) is 0.514. The molecule has 2 aliphatic rings. The van der Waals surface area contributed by atoms with Crippen LogP contribution >= 0.6 is 0 Å². The summed E-state index contributed by atoms with van der Waals surface area (Å²) >= 11 is 0. The largest absolute Gasteiger partial charge is 0.376 e.